The maximum atomic E-state index is 13.0. The van der Waals surface area contributed by atoms with E-state index in [1.54, 1.807) is 4.90 Å². The summed E-state index contributed by atoms with van der Waals surface area (Å²) in [6.45, 7) is 3.86. The SMILES string of the molecule is C=CCC12C=CC(C1)C1C(=O)N(C3CCCCC3)C(=O)C12. The molecular formula is C18H23NO2. The molecule has 2 bridgehead atoms. The minimum Gasteiger partial charge on any atom is -0.279 e. The van der Waals surface area contributed by atoms with Gasteiger partial charge in [-0.25, -0.2) is 0 Å². The average Bonchev–Trinajstić information content (AvgIpc) is 3.11. The van der Waals surface area contributed by atoms with Crippen LogP contribution in [0.4, 0.5) is 0 Å². The molecule has 2 amide bonds. The molecule has 4 atom stereocenters. The third-order valence-electron chi connectivity index (χ3n) is 6.22. The molecule has 4 aliphatic rings. The van der Waals surface area contributed by atoms with Crippen LogP contribution in [-0.2, 0) is 9.59 Å². The molecule has 0 N–H and O–H groups in total. The number of rotatable bonds is 3. The van der Waals surface area contributed by atoms with Crippen molar-refractivity contribution in [2.45, 2.75) is 51.0 Å². The summed E-state index contributed by atoms with van der Waals surface area (Å²) in [4.78, 5) is 27.6. The molecule has 112 valence electrons. The fourth-order valence-electron chi connectivity index (χ4n) is 5.36. The van der Waals surface area contributed by atoms with Crippen molar-refractivity contribution in [1.29, 1.82) is 0 Å². The Kier molecular flexibility index (Phi) is 2.88. The Balaban J connectivity index is 1.67. The predicted octanol–water partition coefficient (Wildman–Crippen LogP) is 3.07. The fourth-order valence-corrected chi connectivity index (χ4v) is 5.36. The van der Waals surface area contributed by atoms with E-state index < -0.39 is 0 Å². The molecule has 21 heavy (non-hydrogen) atoms. The first-order valence-corrected chi connectivity index (χ1v) is 8.35. The normalized spacial score (nSPS) is 41.9. The predicted molar refractivity (Wildman–Crippen MR) is 80.2 cm³/mol. The van der Waals surface area contributed by atoms with Crippen molar-refractivity contribution in [2.75, 3.05) is 0 Å². The summed E-state index contributed by atoms with van der Waals surface area (Å²) in [7, 11) is 0. The van der Waals surface area contributed by atoms with Crippen molar-refractivity contribution >= 4 is 11.8 Å². The van der Waals surface area contributed by atoms with Gasteiger partial charge in [0.1, 0.15) is 0 Å². The van der Waals surface area contributed by atoms with Crippen molar-refractivity contribution in [3.63, 3.8) is 0 Å². The Bertz CT molecular complexity index is 531. The van der Waals surface area contributed by atoms with Gasteiger partial charge >= 0.3 is 0 Å². The molecule has 0 aromatic rings. The van der Waals surface area contributed by atoms with E-state index in [4.69, 9.17) is 0 Å². The topological polar surface area (TPSA) is 37.4 Å². The van der Waals surface area contributed by atoms with Crippen LogP contribution in [0.5, 0.6) is 0 Å². The summed E-state index contributed by atoms with van der Waals surface area (Å²) in [6, 6.07) is 0.171. The van der Waals surface area contributed by atoms with Gasteiger partial charge in [0.05, 0.1) is 11.8 Å². The number of carbonyl (C=O) groups is 2. The first-order chi connectivity index (χ1) is 10.2. The van der Waals surface area contributed by atoms with E-state index in [1.165, 1.54) is 6.42 Å². The van der Waals surface area contributed by atoms with Crippen LogP contribution in [0.3, 0.4) is 0 Å². The molecule has 4 unspecified atom stereocenters. The molecule has 2 saturated carbocycles. The van der Waals surface area contributed by atoms with Gasteiger partial charge in [0.2, 0.25) is 11.8 Å². The number of imide groups is 1. The molecule has 0 aromatic carbocycles. The van der Waals surface area contributed by atoms with Gasteiger partial charge in [0.25, 0.3) is 0 Å². The molecule has 1 aliphatic heterocycles. The highest BCUT2D eigenvalue weighted by atomic mass is 16.2. The summed E-state index contributed by atoms with van der Waals surface area (Å²) in [5.41, 5.74) is -0.118. The van der Waals surface area contributed by atoms with Crippen LogP contribution in [0.1, 0.15) is 44.9 Å². The van der Waals surface area contributed by atoms with Crippen LogP contribution in [0, 0.1) is 23.2 Å². The monoisotopic (exact) mass is 285 g/mol. The molecule has 1 heterocycles. The number of hydrogen-bond donors (Lipinski definition) is 0. The highest BCUT2D eigenvalue weighted by molar-refractivity contribution is 6.07. The van der Waals surface area contributed by atoms with E-state index in [-0.39, 0.29) is 41.0 Å². The first-order valence-electron chi connectivity index (χ1n) is 8.35. The van der Waals surface area contributed by atoms with Crippen LogP contribution < -0.4 is 0 Å². The van der Waals surface area contributed by atoms with Crippen LogP contribution in [0.2, 0.25) is 0 Å². The van der Waals surface area contributed by atoms with E-state index in [0.29, 0.717) is 0 Å². The lowest BCUT2D eigenvalue weighted by Crippen LogP contribution is -2.43. The van der Waals surface area contributed by atoms with E-state index >= 15 is 0 Å². The van der Waals surface area contributed by atoms with Crippen molar-refractivity contribution in [2.24, 2.45) is 23.2 Å². The van der Waals surface area contributed by atoms with Gasteiger partial charge in [0, 0.05) is 11.5 Å². The first kappa shape index (κ1) is 13.3. The smallest absolute Gasteiger partial charge is 0.234 e. The Morgan fingerprint density at radius 1 is 1.24 bits per heavy atom. The molecular weight excluding hydrogens is 262 g/mol. The molecule has 1 saturated heterocycles. The van der Waals surface area contributed by atoms with Crippen LogP contribution in [0.25, 0.3) is 0 Å². The second-order valence-corrected chi connectivity index (χ2v) is 7.29. The molecule has 0 spiro atoms. The van der Waals surface area contributed by atoms with Crippen LogP contribution in [0.15, 0.2) is 24.8 Å². The number of allylic oxidation sites excluding steroid dienone is 3. The van der Waals surface area contributed by atoms with Crippen molar-refractivity contribution in [3.05, 3.63) is 24.8 Å². The number of amides is 2. The molecule has 3 nitrogen and oxygen atoms in total. The number of fused-ring (bicyclic) bond motifs is 5. The Morgan fingerprint density at radius 2 is 2.00 bits per heavy atom. The lowest BCUT2D eigenvalue weighted by molar-refractivity contribution is -0.144. The molecule has 0 radical (unpaired) electrons. The zero-order chi connectivity index (χ0) is 14.6. The second-order valence-electron chi connectivity index (χ2n) is 7.29. The van der Waals surface area contributed by atoms with E-state index in [2.05, 4.69) is 18.7 Å². The van der Waals surface area contributed by atoms with Gasteiger partial charge in [-0.05, 0) is 31.6 Å². The number of hydrogen-bond acceptors (Lipinski definition) is 2. The van der Waals surface area contributed by atoms with Gasteiger partial charge in [-0.3, -0.25) is 14.5 Å². The molecule has 3 fully saturated rings. The van der Waals surface area contributed by atoms with Gasteiger partial charge in [-0.1, -0.05) is 37.5 Å². The molecule has 4 rings (SSSR count). The minimum atomic E-state index is -0.118. The van der Waals surface area contributed by atoms with Gasteiger partial charge < -0.3 is 0 Å². The van der Waals surface area contributed by atoms with E-state index in [9.17, 15) is 9.59 Å². The summed E-state index contributed by atoms with van der Waals surface area (Å²) in [5, 5.41) is 0. The summed E-state index contributed by atoms with van der Waals surface area (Å²) in [6.07, 6.45) is 13.6. The molecule has 3 heteroatoms. The third-order valence-corrected chi connectivity index (χ3v) is 6.22. The van der Waals surface area contributed by atoms with Gasteiger partial charge in [-0.15, -0.1) is 6.58 Å². The highest BCUT2D eigenvalue weighted by Gasteiger charge is 2.66. The highest BCUT2D eigenvalue weighted by Crippen LogP contribution is 2.62. The van der Waals surface area contributed by atoms with Crippen LogP contribution >= 0.6 is 0 Å². The number of likely N-dealkylation sites (tertiary alicyclic amines) is 1. The average molecular weight is 285 g/mol. The quantitative estimate of drug-likeness (QED) is 0.590. The number of nitrogens with zero attached hydrogens (tertiary/aromatic N) is 1. The van der Waals surface area contributed by atoms with E-state index in [1.807, 2.05) is 6.08 Å². The number of carbonyl (C=O) groups excluding carboxylic acids is 2. The maximum absolute atomic E-state index is 13.0. The lowest BCUT2D eigenvalue weighted by atomic mass is 9.72. The standard InChI is InChI=1S/C18H23NO2/c1-2-9-18-10-8-12(11-18)14-15(18)17(21)19(16(14)20)13-6-4-3-5-7-13/h2,8,10,12-15H,1,3-7,9,11H2. The minimum absolute atomic E-state index is 0.0793. The second kappa shape index (κ2) is 4.56. The molecule has 0 aromatic heterocycles. The Labute approximate surface area is 126 Å². The molecule has 3 aliphatic carbocycles. The van der Waals surface area contributed by atoms with Gasteiger partial charge in [-0.2, -0.15) is 0 Å². The Hall–Kier alpha value is -1.38. The lowest BCUT2D eigenvalue weighted by Gasteiger charge is -2.33. The summed E-state index contributed by atoms with van der Waals surface area (Å²) in [5.74, 6) is 0.326. The zero-order valence-electron chi connectivity index (χ0n) is 12.5. The van der Waals surface area contributed by atoms with Crippen molar-refractivity contribution in [1.82, 2.24) is 4.90 Å². The summed E-state index contributed by atoms with van der Waals surface area (Å²) < 4.78 is 0. The zero-order valence-corrected chi connectivity index (χ0v) is 12.5. The van der Waals surface area contributed by atoms with Crippen LogP contribution in [-0.4, -0.2) is 22.8 Å². The van der Waals surface area contributed by atoms with Crippen molar-refractivity contribution in [3.8, 4) is 0 Å². The van der Waals surface area contributed by atoms with Gasteiger partial charge in [0.15, 0.2) is 0 Å². The Morgan fingerprint density at radius 3 is 2.71 bits per heavy atom. The third kappa shape index (κ3) is 1.66. The maximum Gasteiger partial charge on any atom is 0.234 e. The largest absolute Gasteiger partial charge is 0.279 e. The summed E-state index contributed by atoms with van der Waals surface area (Å²) >= 11 is 0. The fraction of sp³-hybridized carbons (Fsp3) is 0.667. The van der Waals surface area contributed by atoms with Crippen molar-refractivity contribution < 1.29 is 9.59 Å². The van der Waals surface area contributed by atoms with E-state index in [0.717, 1.165) is 38.5 Å².